The van der Waals surface area contributed by atoms with Gasteiger partial charge in [-0.3, -0.25) is 0 Å². The first kappa shape index (κ1) is 137. The van der Waals surface area contributed by atoms with Crippen molar-refractivity contribution in [3.05, 3.63) is 0 Å². The molecule has 13 nitrogen and oxygen atoms in total. The summed E-state index contributed by atoms with van der Waals surface area (Å²) in [5.41, 5.74) is 5.75. The summed E-state index contributed by atoms with van der Waals surface area (Å²) in [7, 11) is 0. The highest BCUT2D eigenvalue weighted by Crippen LogP contribution is 2.29. The highest BCUT2D eigenvalue weighted by molar-refractivity contribution is 4.70. The van der Waals surface area contributed by atoms with E-state index in [9.17, 15) is 0 Å². The van der Waals surface area contributed by atoms with Gasteiger partial charge in [-0.15, -0.1) is 0 Å². The first-order valence-electron chi connectivity index (χ1n) is 51.0. The number of hydrogen-bond donors (Lipinski definition) is 0. The zero-order chi connectivity index (χ0) is 97.1. The van der Waals surface area contributed by atoms with Gasteiger partial charge in [0.25, 0.3) is 0 Å². The molecule has 0 unspecified atom stereocenters. The van der Waals surface area contributed by atoms with Crippen LogP contribution in [0.25, 0.3) is 0 Å². The zero-order valence-electron chi connectivity index (χ0n) is 93.2. The fraction of sp³-hybridized carbons (Fsp3) is 1.00. The number of ether oxygens (including phenoxy) is 13. The summed E-state index contributed by atoms with van der Waals surface area (Å²) < 4.78 is 72.5. The van der Waals surface area contributed by atoms with Crippen LogP contribution in [0.3, 0.4) is 0 Å². The second-order valence-corrected chi connectivity index (χ2v) is 52.7. The van der Waals surface area contributed by atoms with Gasteiger partial charge in [-0.2, -0.15) is 0 Å². The number of hydrogen-bond acceptors (Lipinski definition) is 13. The molecule has 0 amide bonds. The first-order chi connectivity index (χ1) is 56.4. The predicted octanol–water partition coefficient (Wildman–Crippen LogP) is 33.1. The van der Waals surface area contributed by atoms with Crippen molar-refractivity contribution in [1.29, 1.82) is 0 Å². The van der Waals surface area contributed by atoms with Crippen LogP contribution in [-0.2, 0) is 61.6 Å². The second kappa shape index (κ2) is 78.8. The Morgan fingerprint density at radius 3 is 0.363 bits per heavy atom. The maximum absolute atomic E-state index is 5.66. The van der Waals surface area contributed by atoms with Crippen molar-refractivity contribution in [2.24, 2.45) is 75.8 Å². The minimum Gasteiger partial charge on any atom is -0.381 e. The fourth-order valence-electron chi connectivity index (χ4n) is 11.2. The van der Waals surface area contributed by atoms with Gasteiger partial charge < -0.3 is 61.6 Å². The smallest absolute Gasteiger partial charge is 0.0700 e. The van der Waals surface area contributed by atoms with E-state index in [0.29, 0.717) is 70.4 Å². The molecule has 0 N–H and O–H groups in total. The lowest BCUT2D eigenvalue weighted by atomic mass is 9.90. The lowest BCUT2D eigenvalue weighted by molar-refractivity contribution is 0.0312. The van der Waals surface area contributed by atoms with Gasteiger partial charge in [0.1, 0.15) is 0 Å². The monoisotopic (exact) mass is 1780 g/mol. The molecule has 0 saturated carbocycles. The van der Waals surface area contributed by atoms with Crippen LogP contribution < -0.4 is 0 Å². The molecule has 0 aromatic rings. The van der Waals surface area contributed by atoms with Gasteiger partial charge in [0, 0.05) is 126 Å². The highest BCUT2D eigenvalue weighted by Gasteiger charge is 2.19. The van der Waals surface area contributed by atoms with Crippen LogP contribution >= 0.6 is 0 Å². The molecule has 0 aromatic carbocycles. The van der Waals surface area contributed by atoms with E-state index < -0.39 is 0 Å². The molecule has 0 atom stereocenters. The van der Waals surface area contributed by atoms with Gasteiger partial charge in [-0.05, 0) is 243 Å². The van der Waals surface area contributed by atoms with Crippen molar-refractivity contribution in [1.82, 2.24) is 0 Å². The fourth-order valence-corrected chi connectivity index (χ4v) is 11.2. The molecule has 0 rings (SSSR count). The molecule has 0 bridgehead atoms. The Balaban J connectivity index is -0.000000258. The molecule has 758 valence electrons. The zero-order valence-corrected chi connectivity index (χ0v) is 93.2. The largest absolute Gasteiger partial charge is 0.381 e. The summed E-state index contributed by atoms with van der Waals surface area (Å²) in [5.74, 6) is 0. The van der Waals surface area contributed by atoms with E-state index in [0.717, 1.165) is 262 Å². The topological polar surface area (TPSA) is 120 Å². The minimum atomic E-state index is 0.281. The Morgan fingerprint density at radius 1 is 0.0887 bits per heavy atom. The van der Waals surface area contributed by atoms with Crippen LogP contribution in [0.15, 0.2) is 0 Å². The lowest BCUT2D eigenvalue weighted by Gasteiger charge is -2.18. The van der Waals surface area contributed by atoms with Crippen LogP contribution in [0, 0.1) is 75.8 Å². The molecule has 0 spiro atoms. The Kier molecular flexibility index (Phi) is 86.7. The molecule has 0 heterocycles. The third-order valence-corrected chi connectivity index (χ3v) is 19.3. The SMILES string of the molecule is CC(C)(C)CCCCOCCCCC(C)(C)C.CC(C)(C)CCCCOCCCCOCC(C)(C)C.CC(C)(C)CCCOCCCOCCC(C)(C)C.CC(C)(C)CCCOCCCOCCCC(C)(C)C.CC(C)(C)CCCOCCOCCC(C)(C)C.CC(C)(C)CCCOCCOCCCC(C)(C)C.CC(C)(C)CCOCCOCCC(C)(C)C. The van der Waals surface area contributed by atoms with Crippen molar-refractivity contribution in [3.8, 4) is 0 Å². The summed E-state index contributed by atoms with van der Waals surface area (Å²) >= 11 is 0. The average molecular weight is 1780 g/mol. The van der Waals surface area contributed by atoms with Crippen LogP contribution in [0.4, 0.5) is 0 Å². The van der Waals surface area contributed by atoms with E-state index in [1.807, 2.05) is 0 Å². The summed E-state index contributed by atoms with van der Waals surface area (Å²) in [5, 5.41) is 0. The minimum absolute atomic E-state index is 0.281. The third-order valence-electron chi connectivity index (χ3n) is 19.3. The molecule has 0 fully saturated rings. The normalized spacial score (nSPS) is 13.0. The first-order valence-corrected chi connectivity index (χ1v) is 51.0. The van der Waals surface area contributed by atoms with Crippen molar-refractivity contribution < 1.29 is 61.6 Å². The third kappa shape index (κ3) is 168. The second-order valence-electron chi connectivity index (χ2n) is 52.7. The molecular formula is C111H236O13. The Labute approximate surface area is 781 Å². The van der Waals surface area contributed by atoms with Gasteiger partial charge in [0.15, 0.2) is 0 Å². The molecule has 13 heteroatoms. The maximum Gasteiger partial charge on any atom is 0.0700 e. The van der Waals surface area contributed by atoms with Crippen LogP contribution in [0.5, 0.6) is 0 Å². The van der Waals surface area contributed by atoms with Crippen molar-refractivity contribution in [3.63, 3.8) is 0 Å². The Bertz CT molecular complexity index is 1850. The van der Waals surface area contributed by atoms with Gasteiger partial charge in [-0.25, -0.2) is 0 Å². The summed E-state index contributed by atoms with van der Waals surface area (Å²) in [6.07, 6.45) is 34.4. The van der Waals surface area contributed by atoms with Crippen molar-refractivity contribution in [2.75, 3.05) is 172 Å². The van der Waals surface area contributed by atoms with Crippen molar-refractivity contribution >= 4 is 0 Å². The van der Waals surface area contributed by atoms with Crippen LogP contribution in [0.2, 0.25) is 0 Å². The Morgan fingerprint density at radius 2 is 0.202 bits per heavy atom. The van der Waals surface area contributed by atoms with E-state index in [1.165, 1.54) is 96.3 Å². The van der Waals surface area contributed by atoms with Crippen LogP contribution in [-0.4, -0.2) is 172 Å². The van der Waals surface area contributed by atoms with Gasteiger partial charge >= 0.3 is 0 Å². The average Bonchev–Trinajstić information content (AvgIpc) is 1.00. The lowest BCUT2D eigenvalue weighted by Crippen LogP contribution is -2.15. The standard InChI is InChI=1S/2C17H36O2.2C16H34O2.C16H34O.C15H32O2.C14H30O2/c1-16(2,3)10-7-12-18-14-9-15-19-13-8-11-17(4,5)6;1-16(2,3)11-7-8-12-18-13-9-10-14-19-15-17(4,5)6;1-15(2,3)9-7-11-17-12-8-13-18-14-10-16(4,5)6;1-15(2,3)9-7-11-17-13-14-18-12-8-10-16(4,5)6;1-15(2,3)11-7-9-13-17-14-10-8-12-16(4,5)6;1-14(2,3)8-7-10-16-12-13-17-11-9-15(4,5)6;1-13(2,3)7-9-15-11-12-16-10-8-14(4,5)6/h2*7-15H2,1-6H3;2*7-14H2,1-6H3;7-14H2,1-6H3;7-13H2,1-6H3;7-12H2,1-6H3. The van der Waals surface area contributed by atoms with Crippen molar-refractivity contribution in [2.45, 2.75) is 477 Å². The molecule has 0 saturated heterocycles. The van der Waals surface area contributed by atoms with E-state index in [-0.39, 0.29) is 5.41 Å². The number of unbranched alkanes of at least 4 members (excludes halogenated alkanes) is 4. The van der Waals surface area contributed by atoms with Crippen LogP contribution in [0.1, 0.15) is 477 Å². The molecule has 0 aliphatic rings. The van der Waals surface area contributed by atoms with Gasteiger partial charge in [0.05, 0.1) is 46.2 Å². The van der Waals surface area contributed by atoms with E-state index >= 15 is 0 Å². The summed E-state index contributed by atoms with van der Waals surface area (Å²) in [6.45, 7) is 117. The molecular weight excluding hydrogens is 1540 g/mol. The Hall–Kier alpha value is -0.520. The van der Waals surface area contributed by atoms with E-state index in [1.54, 1.807) is 0 Å². The molecule has 0 radical (unpaired) electrons. The summed E-state index contributed by atoms with van der Waals surface area (Å²) in [6, 6.07) is 0. The molecule has 124 heavy (non-hydrogen) atoms. The predicted molar refractivity (Wildman–Crippen MR) is 547 cm³/mol. The molecule has 0 aliphatic carbocycles. The van der Waals surface area contributed by atoms with Gasteiger partial charge in [0.2, 0.25) is 0 Å². The maximum atomic E-state index is 5.66. The molecule has 0 aliphatic heterocycles. The number of rotatable bonds is 61. The van der Waals surface area contributed by atoms with E-state index in [2.05, 4.69) is 291 Å². The molecule has 0 aromatic heterocycles. The quantitative estimate of drug-likeness (QED) is 0.0538. The summed E-state index contributed by atoms with van der Waals surface area (Å²) in [4.78, 5) is 0. The highest BCUT2D eigenvalue weighted by atomic mass is 16.5. The van der Waals surface area contributed by atoms with E-state index in [4.69, 9.17) is 61.6 Å². The van der Waals surface area contributed by atoms with Gasteiger partial charge in [-0.1, -0.05) is 310 Å².